The molecule has 0 radical (unpaired) electrons. The summed E-state index contributed by atoms with van der Waals surface area (Å²) in [5, 5.41) is 3.48. The average Bonchev–Trinajstić information content (AvgIpc) is 2.28. The molecule has 0 amide bonds. The van der Waals surface area contributed by atoms with E-state index in [9.17, 15) is 0 Å². The maximum Gasteiger partial charge on any atom is 0.0593 e. The SMILES string of the molecule is CCOCCN(C)CCCCCNCC(C)C. The molecular weight excluding hydrogens is 212 g/mol. The van der Waals surface area contributed by atoms with Gasteiger partial charge in [0.15, 0.2) is 0 Å². The van der Waals surface area contributed by atoms with E-state index in [1.165, 1.54) is 32.4 Å². The fourth-order valence-electron chi connectivity index (χ4n) is 1.68. The lowest BCUT2D eigenvalue weighted by Gasteiger charge is -2.16. The lowest BCUT2D eigenvalue weighted by molar-refractivity contribution is 0.121. The van der Waals surface area contributed by atoms with E-state index >= 15 is 0 Å². The van der Waals surface area contributed by atoms with Crippen LogP contribution in [0.3, 0.4) is 0 Å². The summed E-state index contributed by atoms with van der Waals surface area (Å²) in [4.78, 5) is 2.36. The molecule has 0 aliphatic carbocycles. The molecule has 0 unspecified atom stereocenters. The smallest absolute Gasteiger partial charge is 0.0593 e. The number of rotatable bonds is 12. The Balaban J connectivity index is 3.11. The molecule has 0 rings (SSSR count). The van der Waals surface area contributed by atoms with Crippen LogP contribution < -0.4 is 5.32 Å². The summed E-state index contributed by atoms with van der Waals surface area (Å²) in [5.41, 5.74) is 0. The Bertz CT molecular complexity index is 151. The van der Waals surface area contributed by atoms with Crippen LogP contribution in [0.2, 0.25) is 0 Å². The van der Waals surface area contributed by atoms with E-state index in [4.69, 9.17) is 4.74 Å². The fraction of sp³-hybridized carbons (Fsp3) is 1.00. The highest BCUT2D eigenvalue weighted by atomic mass is 16.5. The molecule has 0 aromatic rings. The number of hydrogen-bond donors (Lipinski definition) is 1. The van der Waals surface area contributed by atoms with Crippen LogP contribution in [0.4, 0.5) is 0 Å². The quantitative estimate of drug-likeness (QED) is 0.533. The molecule has 0 aliphatic heterocycles. The van der Waals surface area contributed by atoms with Gasteiger partial charge in [-0.05, 0) is 52.4 Å². The van der Waals surface area contributed by atoms with Crippen LogP contribution in [0.25, 0.3) is 0 Å². The van der Waals surface area contributed by atoms with Crippen molar-refractivity contribution in [3.8, 4) is 0 Å². The van der Waals surface area contributed by atoms with Gasteiger partial charge in [-0.2, -0.15) is 0 Å². The molecular formula is C14H32N2O. The zero-order valence-corrected chi connectivity index (χ0v) is 12.3. The molecule has 0 spiro atoms. The molecule has 1 N–H and O–H groups in total. The minimum Gasteiger partial charge on any atom is -0.380 e. The first-order chi connectivity index (χ1) is 8.16. The van der Waals surface area contributed by atoms with Gasteiger partial charge in [0, 0.05) is 13.2 Å². The first-order valence-corrected chi connectivity index (χ1v) is 7.13. The highest BCUT2D eigenvalue weighted by Gasteiger charge is 1.98. The number of nitrogens with zero attached hydrogens (tertiary/aromatic N) is 1. The van der Waals surface area contributed by atoms with Crippen molar-refractivity contribution in [2.45, 2.75) is 40.0 Å². The maximum atomic E-state index is 5.33. The lowest BCUT2D eigenvalue weighted by Crippen LogP contribution is -2.24. The van der Waals surface area contributed by atoms with Crippen molar-refractivity contribution in [1.82, 2.24) is 10.2 Å². The molecule has 3 nitrogen and oxygen atoms in total. The zero-order valence-electron chi connectivity index (χ0n) is 12.3. The van der Waals surface area contributed by atoms with Gasteiger partial charge in [-0.1, -0.05) is 20.3 Å². The second-order valence-corrected chi connectivity index (χ2v) is 5.16. The third-order valence-corrected chi connectivity index (χ3v) is 2.77. The van der Waals surface area contributed by atoms with Gasteiger partial charge in [-0.3, -0.25) is 0 Å². The number of likely N-dealkylation sites (N-methyl/N-ethyl adjacent to an activating group) is 1. The van der Waals surface area contributed by atoms with Crippen LogP contribution in [0.15, 0.2) is 0 Å². The Labute approximate surface area is 108 Å². The number of ether oxygens (including phenoxy) is 1. The number of nitrogens with one attached hydrogen (secondary N) is 1. The second-order valence-electron chi connectivity index (χ2n) is 5.16. The average molecular weight is 244 g/mol. The van der Waals surface area contributed by atoms with E-state index in [2.05, 4.69) is 31.1 Å². The van der Waals surface area contributed by atoms with E-state index in [-0.39, 0.29) is 0 Å². The Morgan fingerprint density at radius 1 is 1.12 bits per heavy atom. The minimum atomic E-state index is 0.764. The summed E-state index contributed by atoms with van der Waals surface area (Å²) >= 11 is 0. The van der Waals surface area contributed by atoms with Gasteiger partial charge in [0.1, 0.15) is 0 Å². The first-order valence-electron chi connectivity index (χ1n) is 7.13. The second kappa shape index (κ2) is 12.3. The molecule has 0 saturated heterocycles. The van der Waals surface area contributed by atoms with E-state index in [0.29, 0.717) is 0 Å². The van der Waals surface area contributed by atoms with Gasteiger partial charge in [-0.25, -0.2) is 0 Å². The molecule has 0 bridgehead atoms. The molecule has 17 heavy (non-hydrogen) atoms. The Morgan fingerprint density at radius 3 is 2.53 bits per heavy atom. The third kappa shape index (κ3) is 13.8. The molecule has 0 aromatic heterocycles. The molecule has 0 heterocycles. The number of hydrogen-bond acceptors (Lipinski definition) is 3. The molecule has 0 aliphatic rings. The van der Waals surface area contributed by atoms with Crippen molar-refractivity contribution in [2.24, 2.45) is 5.92 Å². The van der Waals surface area contributed by atoms with Crippen molar-refractivity contribution in [3.05, 3.63) is 0 Å². The summed E-state index contributed by atoms with van der Waals surface area (Å²) in [7, 11) is 2.18. The van der Waals surface area contributed by atoms with Crippen molar-refractivity contribution in [2.75, 3.05) is 46.4 Å². The van der Waals surface area contributed by atoms with Crippen LogP contribution in [0, 0.1) is 5.92 Å². The molecule has 104 valence electrons. The normalized spacial score (nSPS) is 11.6. The van der Waals surface area contributed by atoms with Crippen molar-refractivity contribution >= 4 is 0 Å². The van der Waals surface area contributed by atoms with Gasteiger partial charge in [0.25, 0.3) is 0 Å². The van der Waals surface area contributed by atoms with Gasteiger partial charge in [0.2, 0.25) is 0 Å². The van der Waals surface area contributed by atoms with Crippen LogP contribution in [0.1, 0.15) is 40.0 Å². The van der Waals surface area contributed by atoms with E-state index in [1.807, 2.05) is 6.92 Å². The predicted molar refractivity (Wildman–Crippen MR) is 75.5 cm³/mol. The van der Waals surface area contributed by atoms with Gasteiger partial charge in [-0.15, -0.1) is 0 Å². The minimum absolute atomic E-state index is 0.764. The Hall–Kier alpha value is -0.120. The molecule has 3 heteroatoms. The van der Waals surface area contributed by atoms with Gasteiger partial charge >= 0.3 is 0 Å². The molecule has 0 atom stereocenters. The highest BCUT2D eigenvalue weighted by Crippen LogP contribution is 1.97. The summed E-state index contributed by atoms with van der Waals surface area (Å²) in [6.07, 6.45) is 3.92. The maximum absolute atomic E-state index is 5.33. The summed E-state index contributed by atoms with van der Waals surface area (Å²) in [6, 6.07) is 0. The van der Waals surface area contributed by atoms with Gasteiger partial charge in [0.05, 0.1) is 6.61 Å². The van der Waals surface area contributed by atoms with Crippen LogP contribution in [0.5, 0.6) is 0 Å². The lowest BCUT2D eigenvalue weighted by atomic mass is 10.2. The third-order valence-electron chi connectivity index (χ3n) is 2.77. The predicted octanol–water partition coefficient (Wildman–Crippen LogP) is 2.37. The van der Waals surface area contributed by atoms with Crippen molar-refractivity contribution < 1.29 is 4.74 Å². The van der Waals surface area contributed by atoms with Crippen LogP contribution >= 0.6 is 0 Å². The Kier molecular flexibility index (Phi) is 12.3. The van der Waals surface area contributed by atoms with Crippen molar-refractivity contribution in [1.29, 1.82) is 0 Å². The topological polar surface area (TPSA) is 24.5 Å². The van der Waals surface area contributed by atoms with E-state index in [0.717, 1.165) is 32.2 Å². The first kappa shape index (κ1) is 16.9. The summed E-state index contributed by atoms with van der Waals surface area (Å²) < 4.78 is 5.33. The summed E-state index contributed by atoms with van der Waals surface area (Å²) in [6.45, 7) is 12.8. The van der Waals surface area contributed by atoms with Crippen LogP contribution in [-0.2, 0) is 4.74 Å². The van der Waals surface area contributed by atoms with Crippen LogP contribution in [-0.4, -0.2) is 51.3 Å². The summed E-state index contributed by atoms with van der Waals surface area (Å²) in [5.74, 6) is 0.764. The fourth-order valence-corrected chi connectivity index (χ4v) is 1.68. The highest BCUT2D eigenvalue weighted by molar-refractivity contribution is 4.54. The standard InChI is InChI=1S/C14H32N2O/c1-5-17-12-11-16(4)10-8-6-7-9-15-13-14(2)3/h14-15H,5-13H2,1-4H3. The van der Waals surface area contributed by atoms with Gasteiger partial charge < -0.3 is 15.0 Å². The zero-order chi connectivity index (χ0) is 12.9. The molecule has 0 aromatic carbocycles. The molecule has 0 saturated carbocycles. The van der Waals surface area contributed by atoms with Crippen molar-refractivity contribution in [3.63, 3.8) is 0 Å². The molecule has 0 fully saturated rings. The number of unbranched alkanes of at least 4 members (excludes halogenated alkanes) is 2. The Morgan fingerprint density at radius 2 is 1.88 bits per heavy atom. The van der Waals surface area contributed by atoms with E-state index < -0.39 is 0 Å². The largest absolute Gasteiger partial charge is 0.380 e. The monoisotopic (exact) mass is 244 g/mol. The van der Waals surface area contributed by atoms with E-state index in [1.54, 1.807) is 0 Å².